The maximum Gasteiger partial charge on any atom is 1.00 e. The second-order valence-electron chi connectivity index (χ2n) is 0.577. The molecule has 0 amide bonds. The van der Waals surface area contributed by atoms with Crippen molar-refractivity contribution < 1.29 is 206 Å². The van der Waals surface area contributed by atoms with Crippen LogP contribution in [0.25, 0.3) is 0 Å². The third kappa shape index (κ3) is 29.4. The fraction of sp³-hybridized carbons (Fsp3) is 1.00. The molecule has 0 aliphatic rings. The van der Waals surface area contributed by atoms with Crippen LogP contribution in [0.5, 0.6) is 0 Å². The first-order chi connectivity index (χ1) is 1.91. The number of nitrogens with two attached hydrogens (primary N) is 2. The molecule has 0 spiro atoms. The van der Waals surface area contributed by atoms with Gasteiger partial charge in [0.25, 0.3) is 0 Å². The Labute approximate surface area is 221 Å². The van der Waals surface area contributed by atoms with E-state index in [2.05, 4.69) is 0 Å². The van der Waals surface area contributed by atoms with Crippen molar-refractivity contribution >= 4 is 0 Å². The van der Waals surface area contributed by atoms with Crippen molar-refractivity contribution in [1.29, 1.82) is 0 Å². The molecule has 2 nitrogen and oxygen atoms in total. The Morgan fingerprint density at radius 1 is 0.625 bits per heavy atom. The van der Waals surface area contributed by atoms with Crippen molar-refractivity contribution in [3.63, 3.8) is 0 Å². The van der Waals surface area contributed by atoms with Gasteiger partial charge in [-0.1, -0.05) is 0 Å². The van der Waals surface area contributed by atoms with Crippen molar-refractivity contribution in [2.75, 3.05) is 13.1 Å². The van der Waals surface area contributed by atoms with Gasteiger partial charge < -0.3 is 11.5 Å². The van der Waals surface area contributed by atoms with E-state index >= 15 is 0 Å². The maximum absolute atomic E-state index is 4.90. The van der Waals surface area contributed by atoms with Crippen LogP contribution in [-0.2, 0) is 0 Å². The summed E-state index contributed by atoms with van der Waals surface area (Å²) >= 11 is 0. The topological polar surface area (TPSA) is 52.0 Å². The molecule has 0 aliphatic carbocycles. The van der Waals surface area contributed by atoms with Gasteiger partial charge in [-0.3, -0.25) is 0 Å². The summed E-state index contributed by atoms with van der Waals surface area (Å²) in [5, 5.41) is 0. The molecule has 0 rings (SSSR count). The standard InChI is InChI=1S/C2H8N2.4K/c3-1-2-4;;;;/h1-4H2;;;;/q;4*+1. The number of hydrogen-bond acceptors (Lipinski definition) is 2. The monoisotopic (exact) mass is 216 g/mol. The van der Waals surface area contributed by atoms with Crippen LogP contribution in [0.3, 0.4) is 0 Å². The number of rotatable bonds is 1. The average Bonchev–Trinajstić information content (AvgIpc) is 1.37. The summed E-state index contributed by atoms with van der Waals surface area (Å²) in [5.74, 6) is 0. The smallest absolute Gasteiger partial charge is 0.329 e. The third-order valence-corrected chi connectivity index (χ3v) is 0.167. The molecule has 0 aromatic carbocycles. The summed E-state index contributed by atoms with van der Waals surface area (Å²) in [6, 6.07) is 0. The van der Waals surface area contributed by atoms with Crippen LogP contribution in [0.15, 0.2) is 0 Å². The van der Waals surface area contributed by atoms with E-state index in [0.29, 0.717) is 13.1 Å². The number of hydrogen-bond donors (Lipinski definition) is 2. The Morgan fingerprint density at radius 2 is 0.750 bits per heavy atom. The minimum absolute atomic E-state index is 0. The Balaban J connectivity index is -0.00000000750. The van der Waals surface area contributed by atoms with E-state index in [9.17, 15) is 0 Å². The van der Waals surface area contributed by atoms with Gasteiger partial charge >= 0.3 is 206 Å². The van der Waals surface area contributed by atoms with Gasteiger partial charge in [-0.2, -0.15) is 0 Å². The van der Waals surface area contributed by atoms with Crippen LogP contribution in [0.1, 0.15) is 0 Å². The Bertz CT molecular complexity index is 14.0. The first-order valence-electron chi connectivity index (χ1n) is 1.32. The zero-order chi connectivity index (χ0) is 3.41. The van der Waals surface area contributed by atoms with E-state index in [-0.39, 0.29) is 206 Å². The van der Waals surface area contributed by atoms with Crippen LogP contribution >= 0.6 is 0 Å². The fourth-order valence-corrected chi connectivity index (χ4v) is 0. The molecule has 0 aliphatic heterocycles. The molecular weight excluding hydrogens is 208 g/mol. The minimum Gasteiger partial charge on any atom is -0.329 e. The summed E-state index contributed by atoms with van der Waals surface area (Å²) < 4.78 is 0. The molecule has 0 heterocycles. The molecule has 0 aromatic heterocycles. The van der Waals surface area contributed by atoms with E-state index in [1.165, 1.54) is 0 Å². The van der Waals surface area contributed by atoms with Crippen molar-refractivity contribution in [1.82, 2.24) is 0 Å². The van der Waals surface area contributed by atoms with Crippen molar-refractivity contribution in [3.8, 4) is 0 Å². The summed E-state index contributed by atoms with van der Waals surface area (Å²) in [4.78, 5) is 0. The predicted octanol–water partition coefficient (Wildman–Crippen LogP) is -13.1. The molecular formula is C2H8K4N2+4. The molecule has 6 heteroatoms. The van der Waals surface area contributed by atoms with E-state index < -0.39 is 0 Å². The van der Waals surface area contributed by atoms with Gasteiger partial charge in [-0.25, -0.2) is 0 Å². The molecule has 26 valence electrons. The second kappa shape index (κ2) is 29.2. The van der Waals surface area contributed by atoms with Gasteiger partial charge in [0.05, 0.1) is 0 Å². The van der Waals surface area contributed by atoms with E-state index in [1.807, 2.05) is 0 Å². The first-order valence-corrected chi connectivity index (χ1v) is 1.32. The molecule has 0 fully saturated rings. The molecule has 0 unspecified atom stereocenters. The van der Waals surface area contributed by atoms with E-state index in [0.717, 1.165) is 0 Å². The van der Waals surface area contributed by atoms with Gasteiger partial charge in [-0.05, 0) is 0 Å². The Kier molecular flexibility index (Phi) is 107. The van der Waals surface area contributed by atoms with E-state index in [1.54, 1.807) is 0 Å². The molecule has 0 bridgehead atoms. The van der Waals surface area contributed by atoms with Crippen LogP contribution in [0.4, 0.5) is 0 Å². The molecule has 0 saturated heterocycles. The van der Waals surface area contributed by atoms with Crippen LogP contribution in [0, 0.1) is 0 Å². The zero-order valence-electron chi connectivity index (χ0n) is 6.57. The summed E-state index contributed by atoms with van der Waals surface area (Å²) in [7, 11) is 0. The van der Waals surface area contributed by atoms with Gasteiger partial charge in [0, 0.05) is 13.1 Å². The normalized spacial score (nSPS) is 3.75. The third-order valence-electron chi connectivity index (χ3n) is 0.167. The molecule has 0 aromatic rings. The van der Waals surface area contributed by atoms with Crippen LogP contribution in [0.2, 0.25) is 0 Å². The average molecular weight is 216 g/mol. The van der Waals surface area contributed by atoms with Gasteiger partial charge in [-0.15, -0.1) is 0 Å². The van der Waals surface area contributed by atoms with Crippen molar-refractivity contribution in [3.05, 3.63) is 0 Å². The first kappa shape index (κ1) is 29.3. The van der Waals surface area contributed by atoms with Crippen LogP contribution in [-0.4, -0.2) is 13.1 Å². The molecule has 4 N–H and O–H groups in total. The SMILES string of the molecule is NCCN.[K+].[K+].[K+].[K+]. The van der Waals surface area contributed by atoms with Crippen molar-refractivity contribution in [2.24, 2.45) is 11.5 Å². The van der Waals surface area contributed by atoms with Crippen molar-refractivity contribution in [2.45, 2.75) is 0 Å². The summed E-state index contributed by atoms with van der Waals surface area (Å²) in [6.07, 6.45) is 0. The molecule has 0 atom stereocenters. The largest absolute Gasteiger partial charge is 1.00 e. The van der Waals surface area contributed by atoms with Gasteiger partial charge in [0.15, 0.2) is 0 Å². The summed E-state index contributed by atoms with van der Waals surface area (Å²) in [6.45, 7) is 1.19. The minimum atomic E-state index is 0. The quantitative estimate of drug-likeness (QED) is 0.428. The predicted molar refractivity (Wildman–Crippen MR) is 18.1 cm³/mol. The Hall–Kier alpha value is 6.47. The Morgan fingerprint density at radius 3 is 0.750 bits per heavy atom. The summed E-state index contributed by atoms with van der Waals surface area (Å²) in [5.41, 5.74) is 9.81. The molecule has 0 saturated carbocycles. The maximum atomic E-state index is 4.90. The van der Waals surface area contributed by atoms with Gasteiger partial charge in [0.2, 0.25) is 0 Å². The van der Waals surface area contributed by atoms with E-state index in [4.69, 9.17) is 11.5 Å². The van der Waals surface area contributed by atoms with Gasteiger partial charge in [0.1, 0.15) is 0 Å². The fourth-order valence-electron chi connectivity index (χ4n) is 0. The zero-order valence-corrected chi connectivity index (χ0v) is 19.1. The molecule has 8 heavy (non-hydrogen) atoms. The second-order valence-corrected chi connectivity index (χ2v) is 0.577. The molecule has 0 radical (unpaired) electrons. The van der Waals surface area contributed by atoms with Crippen LogP contribution < -0.4 is 217 Å².